The van der Waals surface area contributed by atoms with Crippen LogP contribution in [-0.4, -0.2) is 43.2 Å². The zero-order valence-electron chi connectivity index (χ0n) is 13.2. The first kappa shape index (κ1) is 15.6. The van der Waals surface area contributed by atoms with Gasteiger partial charge in [-0.2, -0.15) is 0 Å². The number of carbonyl (C=O) groups is 1. The second-order valence-corrected chi connectivity index (χ2v) is 5.66. The monoisotopic (exact) mass is 315 g/mol. The Morgan fingerprint density at radius 1 is 1.35 bits per heavy atom. The van der Waals surface area contributed by atoms with Crippen LogP contribution in [0, 0.1) is 0 Å². The third kappa shape index (κ3) is 4.10. The van der Waals surface area contributed by atoms with E-state index in [1.807, 2.05) is 31.2 Å². The van der Waals surface area contributed by atoms with Crippen molar-refractivity contribution in [1.29, 1.82) is 0 Å². The largest absolute Gasteiger partial charge is 0.469 e. The summed E-state index contributed by atoms with van der Waals surface area (Å²) in [6.07, 6.45) is 3.93. The molecule has 1 aliphatic rings. The van der Waals surface area contributed by atoms with Crippen molar-refractivity contribution in [3.63, 3.8) is 0 Å². The number of hydrogen-bond donors (Lipinski definition) is 1. The number of morpholine rings is 1. The fourth-order valence-electron chi connectivity index (χ4n) is 2.59. The molecule has 122 valence electrons. The number of anilines is 1. The van der Waals surface area contributed by atoms with Gasteiger partial charge in [-0.05, 0) is 31.2 Å². The summed E-state index contributed by atoms with van der Waals surface area (Å²) in [5, 5.41) is 2.96. The predicted octanol–water partition coefficient (Wildman–Crippen LogP) is 1.87. The van der Waals surface area contributed by atoms with Crippen LogP contribution in [0.3, 0.4) is 0 Å². The molecule has 0 bridgehead atoms. The van der Waals surface area contributed by atoms with E-state index in [0.29, 0.717) is 25.2 Å². The quantitative estimate of drug-likeness (QED) is 0.912. The van der Waals surface area contributed by atoms with Crippen LogP contribution >= 0.6 is 0 Å². The van der Waals surface area contributed by atoms with Gasteiger partial charge in [0.05, 0.1) is 25.0 Å². The molecule has 1 aliphatic heterocycles. The average molecular weight is 315 g/mol. The highest BCUT2D eigenvalue weighted by Gasteiger charge is 2.15. The SMILES string of the molecule is CC(Cc1ccco1)NC(=O)c1ccc(N2CCOCC2)nc1. The molecule has 2 aromatic heterocycles. The molecule has 0 aromatic carbocycles. The molecule has 0 saturated carbocycles. The Kier molecular flexibility index (Phi) is 4.92. The number of furan rings is 1. The van der Waals surface area contributed by atoms with Crippen LogP contribution in [0.4, 0.5) is 5.82 Å². The second kappa shape index (κ2) is 7.28. The fraction of sp³-hybridized carbons (Fsp3) is 0.412. The van der Waals surface area contributed by atoms with Crippen LogP contribution in [0.25, 0.3) is 0 Å². The molecular formula is C17H21N3O3. The second-order valence-electron chi connectivity index (χ2n) is 5.66. The first-order valence-corrected chi connectivity index (χ1v) is 7.84. The summed E-state index contributed by atoms with van der Waals surface area (Å²) in [5.41, 5.74) is 0.563. The van der Waals surface area contributed by atoms with Gasteiger partial charge in [-0.25, -0.2) is 4.98 Å². The Morgan fingerprint density at radius 2 is 2.17 bits per heavy atom. The third-order valence-electron chi connectivity index (χ3n) is 3.81. The van der Waals surface area contributed by atoms with Gasteiger partial charge in [0.25, 0.3) is 5.91 Å². The number of rotatable bonds is 5. The number of nitrogens with zero attached hydrogens (tertiary/aromatic N) is 2. The Balaban J connectivity index is 1.56. The summed E-state index contributed by atoms with van der Waals surface area (Å²) >= 11 is 0. The van der Waals surface area contributed by atoms with Crippen molar-refractivity contribution in [3.8, 4) is 0 Å². The summed E-state index contributed by atoms with van der Waals surface area (Å²) in [5.74, 6) is 1.62. The molecule has 0 radical (unpaired) electrons. The van der Waals surface area contributed by atoms with E-state index < -0.39 is 0 Å². The normalized spacial score (nSPS) is 16.1. The topological polar surface area (TPSA) is 67.6 Å². The van der Waals surface area contributed by atoms with E-state index in [1.54, 1.807) is 12.5 Å². The van der Waals surface area contributed by atoms with E-state index in [0.717, 1.165) is 24.7 Å². The zero-order valence-corrected chi connectivity index (χ0v) is 13.2. The summed E-state index contributed by atoms with van der Waals surface area (Å²) in [6.45, 7) is 5.05. The van der Waals surface area contributed by atoms with E-state index >= 15 is 0 Å². The van der Waals surface area contributed by atoms with Crippen molar-refractivity contribution in [2.24, 2.45) is 0 Å². The van der Waals surface area contributed by atoms with Gasteiger partial charge in [0, 0.05) is 31.7 Å². The van der Waals surface area contributed by atoms with Gasteiger partial charge < -0.3 is 19.4 Å². The highest BCUT2D eigenvalue weighted by molar-refractivity contribution is 5.94. The summed E-state index contributed by atoms with van der Waals surface area (Å²) in [7, 11) is 0. The zero-order chi connectivity index (χ0) is 16.1. The van der Waals surface area contributed by atoms with Crippen LogP contribution in [0.1, 0.15) is 23.0 Å². The summed E-state index contributed by atoms with van der Waals surface area (Å²) < 4.78 is 10.6. The number of amides is 1. The number of nitrogens with one attached hydrogen (secondary N) is 1. The van der Waals surface area contributed by atoms with Gasteiger partial charge in [0.15, 0.2) is 0 Å². The minimum Gasteiger partial charge on any atom is -0.469 e. The summed E-state index contributed by atoms with van der Waals surface area (Å²) in [6, 6.07) is 7.44. The lowest BCUT2D eigenvalue weighted by Crippen LogP contribution is -2.37. The van der Waals surface area contributed by atoms with E-state index in [-0.39, 0.29) is 11.9 Å². The van der Waals surface area contributed by atoms with Crippen molar-refractivity contribution < 1.29 is 13.9 Å². The fourth-order valence-corrected chi connectivity index (χ4v) is 2.59. The van der Waals surface area contributed by atoms with E-state index in [2.05, 4.69) is 15.2 Å². The Morgan fingerprint density at radius 3 is 2.83 bits per heavy atom. The molecule has 23 heavy (non-hydrogen) atoms. The lowest BCUT2D eigenvalue weighted by atomic mass is 10.1. The maximum Gasteiger partial charge on any atom is 0.253 e. The Bertz CT molecular complexity index is 619. The number of pyridine rings is 1. The molecule has 1 unspecified atom stereocenters. The lowest BCUT2D eigenvalue weighted by molar-refractivity contribution is 0.0939. The van der Waals surface area contributed by atoms with Crippen LogP contribution in [0.15, 0.2) is 41.1 Å². The van der Waals surface area contributed by atoms with Gasteiger partial charge in [0.1, 0.15) is 11.6 Å². The highest BCUT2D eigenvalue weighted by Crippen LogP contribution is 2.13. The van der Waals surface area contributed by atoms with E-state index in [4.69, 9.17) is 9.15 Å². The molecule has 2 aromatic rings. The molecular weight excluding hydrogens is 294 g/mol. The summed E-state index contributed by atoms with van der Waals surface area (Å²) in [4.78, 5) is 18.8. The average Bonchev–Trinajstić information content (AvgIpc) is 3.08. The van der Waals surface area contributed by atoms with Crippen molar-refractivity contribution in [3.05, 3.63) is 48.0 Å². The minimum absolute atomic E-state index is 0.00688. The van der Waals surface area contributed by atoms with Crippen molar-refractivity contribution in [2.75, 3.05) is 31.2 Å². The smallest absolute Gasteiger partial charge is 0.253 e. The molecule has 1 fully saturated rings. The molecule has 1 N–H and O–H groups in total. The first-order chi connectivity index (χ1) is 11.2. The maximum absolute atomic E-state index is 12.3. The Labute approximate surface area is 135 Å². The number of ether oxygens (including phenoxy) is 1. The van der Waals surface area contributed by atoms with Crippen molar-refractivity contribution >= 4 is 11.7 Å². The molecule has 1 saturated heterocycles. The molecule has 1 amide bonds. The predicted molar refractivity (Wildman–Crippen MR) is 86.6 cm³/mol. The maximum atomic E-state index is 12.3. The van der Waals surface area contributed by atoms with E-state index in [9.17, 15) is 4.79 Å². The molecule has 0 aliphatic carbocycles. The number of hydrogen-bond acceptors (Lipinski definition) is 5. The third-order valence-corrected chi connectivity index (χ3v) is 3.81. The first-order valence-electron chi connectivity index (χ1n) is 7.84. The number of aromatic nitrogens is 1. The standard InChI is InChI=1S/C17H21N3O3/c1-13(11-15-3-2-8-23-15)19-17(21)14-4-5-16(18-12-14)20-6-9-22-10-7-20/h2-5,8,12-13H,6-7,9-11H2,1H3,(H,19,21). The van der Waals surface area contributed by atoms with Crippen molar-refractivity contribution in [1.82, 2.24) is 10.3 Å². The van der Waals surface area contributed by atoms with E-state index in [1.165, 1.54) is 0 Å². The molecule has 3 heterocycles. The lowest BCUT2D eigenvalue weighted by Gasteiger charge is -2.27. The molecule has 6 heteroatoms. The highest BCUT2D eigenvalue weighted by atomic mass is 16.5. The van der Waals surface area contributed by atoms with Gasteiger partial charge in [-0.1, -0.05) is 0 Å². The van der Waals surface area contributed by atoms with Crippen molar-refractivity contribution in [2.45, 2.75) is 19.4 Å². The molecule has 1 atom stereocenters. The van der Waals surface area contributed by atoms with Gasteiger partial charge in [-0.3, -0.25) is 4.79 Å². The molecule has 3 rings (SSSR count). The van der Waals surface area contributed by atoms with Gasteiger partial charge >= 0.3 is 0 Å². The van der Waals surface area contributed by atoms with Crippen LogP contribution in [-0.2, 0) is 11.2 Å². The van der Waals surface area contributed by atoms with Gasteiger partial charge in [-0.15, -0.1) is 0 Å². The Hall–Kier alpha value is -2.34. The van der Waals surface area contributed by atoms with Crippen LogP contribution < -0.4 is 10.2 Å². The van der Waals surface area contributed by atoms with Gasteiger partial charge in [0.2, 0.25) is 0 Å². The van der Waals surface area contributed by atoms with Crippen LogP contribution in [0.2, 0.25) is 0 Å². The number of carbonyl (C=O) groups excluding carboxylic acids is 1. The minimum atomic E-state index is -0.120. The molecule has 0 spiro atoms. The molecule has 6 nitrogen and oxygen atoms in total. The van der Waals surface area contributed by atoms with Crippen LogP contribution in [0.5, 0.6) is 0 Å².